The molecule has 0 unspecified atom stereocenters. The SMILES string of the molecule is FC(F)(F)Oc1ccc2nc(-c3ccc4ccccc4c3)oc2c1. The second-order valence-corrected chi connectivity index (χ2v) is 5.26. The zero-order valence-corrected chi connectivity index (χ0v) is 12.2. The van der Waals surface area contributed by atoms with Crippen molar-refractivity contribution in [3.05, 3.63) is 60.7 Å². The van der Waals surface area contributed by atoms with E-state index in [2.05, 4.69) is 9.72 Å². The molecule has 0 aliphatic carbocycles. The summed E-state index contributed by atoms with van der Waals surface area (Å²) in [5, 5.41) is 2.11. The minimum Gasteiger partial charge on any atom is -0.436 e. The first-order valence-electron chi connectivity index (χ1n) is 7.13. The van der Waals surface area contributed by atoms with Crippen LogP contribution in [0.15, 0.2) is 65.1 Å². The number of alkyl halides is 3. The van der Waals surface area contributed by atoms with Gasteiger partial charge in [-0.1, -0.05) is 30.3 Å². The summed E-state index contributed by atoms with van der Waals surface area (Å²) in [6, 6.07) is 17.4. The third-order valence-corrected chi connectivity index (χ3v) is 3.59. The minimum atomic E-state index is -4.74. The van der Waals surface area contributed by atoms with Gasteiger partial charge in [0.1, 0.15) is 11.3 Å². The average Bonchev–Trinajstić information content (AvgIpc) is 2.96. The van der Waals surface area contributed by atoms with E-state index in [4.69, 9.17) is 4.42 Å². The zero-order chi connectivity index (χ0) is 16.7. The van der Waals surface area contributed by atoms with Crippen molar-refractivity contribution in [2.45, 2.75) is 6.36 Å². The lowest BCUT2D eigenvalue weighted by molar-refractivity contribution is -0.274. The number of nitrogens with zero attached hydrogens (tertiary/aromatic N) is 1. The van der Waals surface area contributed by atoms with Crippen LogP contribution in [-0.2, 0) is 0 Å². The Hall–Kier alpha value is -3.02. The lowest BCUT2D eigenvalue weighted by Crippen LogP contribution is -2.16. The molecule has 0 fully saturated rings. The molecule has 1 aromatic heterocycles. The van der Waals surface area contributed by atoms with Gasteiger partial charge >= 0.3 is 6.36 Å². The van der Waals surface area contributed by atoms with Crippen molar-refractivity contribution in [3.63, 3.8) is 0 Å². The number of halogens is 3. The van der Waals surface area contributed by atoms with Crippen molar-refractivity contribution in [1.29, 1.82) is 0 Å². The molecular weight excluding hydrogens is 319 g/mol. The number of ether oxygens (including phenoxy) is 1. The van der Waals surface area contributed by atoms with Crippen LogP contribution in [0.5, 0.6) is 5.75 Å². The molecule has 4 rings (SSSR count). The van der Waals surface area contributed by atoms with Gasteiger partial charge in [-0.2, -0.15) is 0 Å². The molecule has 6 heteroatoms. The van der Waals surface area contributed by atoms with E-state index < -0.39 is 6.36 Å². The Labute approximate surface area is 134 Å². The molecule has 0 spiro atoms. The normalized spacial score (nSPS) is 12.0. The second-order valence-electron chi connectivity index (χ2n) is 5.26. The van der Waals surface area contributed by atoms with Crippen LogP contribution in [0.1, 0.15) is 0 Å². The largest absolute Gasteiger partial charge is 0.573 e. The monoisotopic (exact) mass is 329 g/mol. The Bertz CT molecular complexity index is 1040. The lowest BCUT2D eigenvalue weighted by Gasteiger charge is -2.07. The fraction of sp³-hybridized carbons (Fsp3) is 0.0556. The topological polar surface area (TPSA) is 35.3 Å². The summed E-state index contributed by atoms with van der Waals surface area (Å²) in [5.74, 6) is 0.0103. The van der Waals surface area contributed by atoms with Gasteiger partial charge in [0.25, 0.3) is 0 Å². The molecule has 0 aliphatic rings. The van der Waals surface area contributed by atoms with Crippen LogP contribution in [-0.4, -0.2) is 11.3 Å². The van der Waals surface area contributed by atoms with E-state index >= 15 is 0 Å². The summed E-state index contributed by atoms with van der Waals surface area (Å²) in [5.41, 5.74) is 1.45. The number of oxazole rings is 1. The van der Waals surface area contributed by atoms with Crippen LogP contribution in [0.3, 0.4) is 0 Å². The molecule has 4 aromatic rings. The number of hydrogen-bond acceptors (Lipinski definition) is 3. The van der Waals surface area contributed by atoms with Crippen molar-refractivity contribution < 1.29 is 22.3 Å². The Morgan fingerprint density at radius 2 is 1.67 bits per heavy atom. The highest BCUT2D eigenvalue weighted by molar-refractivity contribution is 5.87. The Balaban J connectivity index is 1.76. The predicted octanol–water partition coefficient (Wildman–Crippen LogP) is 5.55. The van der Waals surface area contributed by atoms with Gasteiger partial charge in [0.05, 0.1) is 0 Å². The molecule has 0 bridgehead atoms. The molecule has 0 saturated carbocycles. The maximum Gasteiger partial charge on any atom is 0.573 e. The summed E-state index contributed by atoms with van der Waals surface area (Å²) < 4.78 is 46.4. The summed E-state index contributed by atoms with van der Waals surface area (Å²) >= 11 is 0. The summed E-state index contributed by atoms with van der Waals surface area (Å²) in [7, 11) is 0. The first-order valence-corrected chi connectivity index (χ1v) is 7.13. The van der Waals surface area contributed by atoms with E-state index in [-0.39, 0.29) is 11.3 Å². The first-order chi connectivity index (χ1) is 11.5. The Morgan fingerprint density at radius 3 is 2.46 bits per heavy atom. The molecule has 0 N–H and O–H groups in total. The molecule has 0 amide bonds. The van der Waals surface area contributed by atoms with E-state index in [0.29, 0.717) is 11.4 Å². The number of benzene rings is 3. The van der Waals surface area contributed by atoms with Crippen molar-refractivity contribution >= 4 is 21.9 Å². The highest BCUT2D eigenvalue weighted by Gasteiger charge is 2.31. The number of aromatic nitrogens is 1. The van der Waals surface area contributed by atoms with Gasteiger partial charge in [-0.15, -0.1) is 13.2 Å². The van der Waals surface area contributed by atoms with Gasteiger partial charge in [-0.25, -0.2) is 4.98 Å². The molecule has 0 radical (unpaired) electrons. The first kappa shape index (κ1) is 14.6. The van der Waals surface area contributed by atoms with Crippen LogP contribution in [0, 0.1) is 0 Å². The second kappa shape index (κ2) is 5.26. The highest BCUT2D eigenvalue weighted by Crippen LogP contribution is 2.30. The molecule has 120 valence electrons. The lowest BCUT2D eigenvalue weighted by atomic mass is 10.1. The summed E-state index contributed by atoms with van der Waals surface area (Å²) in [6.07, 6.45) is -4.74. The van der Waals surface area contributed by atoms with Gasteiger partial charge < -0.3 is 9.15 Å². The third-order valence-electron chi connectivity index (χ3n) is 3.59. The molecule has 0 aliphatic heterocycles. The Morgan fingerprint density at radius 1 is 0.875 bits per heavy atom. The van der Waals surface area contributed by atoms with E-state index in [1.165, 1.54) is 18.2 Å². The van der Waals surface area contributed by atoms with Gasteiger partial charge in [-0.3, -0.25) is 0 Å². The van der Waals surface area contributed by atoms with Gasteiger partial charge in [0.15, 0.2) is 5.58 Å². The van der Waals surface area contributed by atoms with Crippen LogP contribution in [0.25, 0.3) is 33.3 Å². The summed E-state index contributed by atoms with van der Waals surface area (Å²) in [4.78, 5) is 4.32. The maximum atomic E-state index is 12.3. The highest BCUT2D eigenvalue weighted by atomic mass is 19.4. The minimum absolute atomic E-state index is 0.236. The smallest absolute Gasteiger partial charge is 0.436 e. The van der Waals surface area contributed by atoms with Crippen molar-refractivity contribution in [2.24, 2.45) is 0 Å². The van der Waals surface area contributed by atoms with Crippen molar-refractivity contribution in [3.8, 4) is 17.2 Å². The predicted molar refractivity (Wildman–Crippen MR) is 83.6 cm³/mol. The molecule has 24 heavy (non-hydrogen) atoms. The van der Waals surface area contributed by atoms with E-state index in [1.54, 1.807) is 0 Å². The molecule has 3 nitrogen and oxygen atoms in total. The van der Waals surface area contributed by atoms with Gasteiger partial charge in [0, 0.05) is 11.6 Å². The van der Waals surface area contributed by atoms with Gasteiger partial charge in [0.2, 0.25) is 5.89 Å². The van der Waals surface area contributed by atoms with E-state index in [1.807, 2.05) is 42.5 Å². The quantitative estimate of drug-likeness (QED) is 0.484. The fourth-order valence-electron chi connectivity index (χ4n) is 2.55. The van der Waals surface area contributed by atoms with Gasteiger partial charge in [-0.05, 0) is 35.0 Å². The van der Waals surface area contributed by atoms with Crippen molar-refractivity contribution in [2.75, 3.05) is 0 Å². The zero-order valence-electron chi connectivity index (χ0n) is 12.2. The number of hydrogen-bond donors (Lipinski definition) is 0. The summed E-state index contributed by atoms with van der Waals surface area (Å²) in [6.45, 7) is 0. The van der Waals surface area contributed by atoms with Crippen LogP contribution < -0.4 is 4.74 Å². The van der Waals surface area contributed by atoms with Crippen LogP contribution in [0.4, 0.5) is 13.2 Å². The molecule has 3 aromatic carbocycles. The average molecular weight is 329 g/mol. The third kappa shape index (κ3) is 2.78. The van der Waals surface area contributed by atoms with Crippen LogP contribution >= 0.6 is 0 Å². The molecule has 0 atom stereocenters. The Kier molecular flexibility index (Phi) is 3.19. The molecular formula is C18H10F3NO2. The molecule has 1 heterocycles. The van der Waals surface area contributed by atoms with E-state index in [9.17, 15) is 13.2 Å². The maximum absolute atomic E-state index is 12.3. The van der Waals surface area contributed by atoms with Crippen LogP contribution in [0.2, 0.25) is 0 Å². The van der Waals surface area contributed by atoms with Crippen molar-refractivity contribution in [1.82, 2.24) is 4.98 Å². The standard InChI is InChI=1S/C18H10F3NO2/c19-18(20,21)24-14-7-8-15-16(10-14)23-17(22-15)13-6-5-11-3-1-2-4-12(11)9-13/h1-10H. The number of fused-ring (bicyclic) bond motifs is 2. The number of rotatable bonds is 2. The fourth-order valence-corrected chi connectivity index (χ4v) is 2.55. The van der Waals surface area contributed by atoms with E-state index in [0.717, 1.165) is 16.3 Å². The molecule has 0 saturated heterocycles.